The molecule has 6 nitrogen and oxygen atoms in total. The SMILES string of the molecule is Cc1c(CC(=O)N2CC[C@]3(O)CCCC[C@@H]3C2)c(=O)oc2c(C)c(OCc3ccc(F)cc3F)ccc12. The molecule has 1 amide bonds. The Labute approximate surface area is 213 Å². The van der Waals surface area contributed by atoms with Crippen LogP contribution in [0.5, 0.6) is 5.75 Å². The lowest BCUT2D eigenvalue weighted by Gasteiger charge is -2.47. The first kappa shape index (κ1) is 25.4. The average Bonchev–Trinajstić information content (AvgIpc) is 2.86. The number of amides is 1. The van der Waals surface area contributed by atoms with E-state index in [2.05, 4.69) is 0 Å². The van der Waals surface area contributed by atoms with Crippen LogP contribution in [0.2, 0.25) is 0 Å². The van der Waals surface area contributed by atoms with Gasteiger partial charge in [0.1, 0.15) is 29.6 Å². The summed E-state index contributed by atoms with van der Waals surface area (Å²) in [5, 5.41) is 11.6. The highest BCUT2D eigenvalue weighted by Crippen LogP contribution is 2.40. The second-order valence-electron chi connectivity index (χ2n) is 10.4. The van der Waals surface area contributed by atoms with Gasteiger partial charge in [0.15, 0.2) is 0 Å². The van der Waals surface area contributed by atoms with E-state index in [0.29, 0.717) is 52.9 Å². The highest BCUT2D eigenvalue weighted by Gasteiger charge is 2.43. The molecule has 1 aromatic heterocycles. The smallest absolute Gasteiger partial charge is 0.340 e. The van der Waals surface area contributed by atoms with Crippen LogP contribution in [0.4, 0.5) is 8.78 Å². The molecule has 5 rings (SSSR count). The lowest BCUT2D eigenvalue weighted by molar-refractivity contribution is -0.142. The van der Waals surface area contributed by atoms with E-state index in [1.165, 1.54) is 12.1 Å². The molecule has 37 heavy (non-hydrogen) atoms. The summed E-state index contributed by atoms with van der Waals surface area (Å²) in [5.74, 6) is -1.00. The van der Waals surface area contributed by atoms with E-state index in [9.17, 15) is 23.5 Å². The van der Waals surface area contributed by atoms with Gasteiger partial charge in [-0.05, 0) is 62.9 Å². The third-order valence-corrected chi connectivity index (χ3v) is 8.16. The molecule has 1 saturated heterocycles. The van der Waals surface area contributed by atoms with E-state index in [1.807, 2.05) is 0 Å². The van der Waals surface area contributed by atoms with Gasteiger partial charge in [0, 0.05) is 41.6 Å². The monoisotopic (exact) mass is 511 g/mol. The van der Waals surface area contributed by atoms with Crippen molar-refractivity contribution in [1.29, 1.82) is 0 Å². The Morgan fingerprint density at radius 1 is 1.16 bits per heavy atom. The summed E-state index contributed by atoms with van der Waals surface area (Å²) in [5.41, 5.74) is 0.874. The van der Waals surface area contributed by atoms with Crippen molar-refractivity contribution in [2.45, 2.75) is 64.6 Å². The average molecular weight is 512 g/mol. The fourth-order valence-electron chi connectivity index (χ4n) is 5.79. The van der Waals surface area contributed by atoms with Crippen LogP contribution in [0.15, 0.2) is 39.5 Å². The van der Waals surface area contributed by atoms with Crippen LogP contribution in [0, 0.1) is 31.4 Å². The van der Waals surface area contributed by atoms with Gasteiger partial charge in [-0.25, -0.2) is 13.6 Å². The van der Waals surface area contributed by atoms with Gasteiger partial charge >= 0.3 is 5.63 Å². The number of benzene rings is 2. The second kappa shape index (κ2) is 9.89. The van der Waals surface area contributed by atoms with E-state index in [0.717, 1.165) is 31.7 Å². The lowest BCUT2D eigenvalue weighted by atomic mass is 9.71. The Hall–Kier alpha value is -3.26. The lowest BCUT2D eigenvalue weighted by Crippen LogP contribution is -2.55. The van der Waals surface area contributed by atoms with Crippen LogP contribution in [0.25, 0.3) is 11.0 Å². The molecule has 3 aromatic rings. The molecule has 2 aromatic carbocycles. The fraction of sp³-hybridized carbons (Fsp3) is 0.448. The van der Waals surface area contributed by atoms with Crippen LogP contribution in [-0.2, 0) is 17.8 Å². The topological polar surface area (TPSA) is 80.0 Å². The number of likely N-dealkylation sites (tertiary alicyclic amines) is 1. The zero-order chi connectivity index (χ0) is 26.3. The Kier molecular flexibility index (Phi) is 6.79. The van der Waals surface area contributed by atoms with Crippen molar-refractivity contribution < 1.29 is 27.8 Å². The summed E-state index contributed by atoms with van der Waals surface area (Å²) < 4.78 is 38.5. The molecule has 1 aliphatic heterocycles. The van der Waals surface area contributed by atoms with Gasteiger partial charge in [-0.3, -0.25) is 4.79 Å². The molecule has 1 aliphatic carbocycles. The Balaban J connectivity index is 1.35. The Morgan fingerprint density at radius 2 is 1.97 bits per heavy atom. The number of ether oxygens (including phenoxy) is 1. The minimum absolute atomic E-state index is 0.0591. The van der Waals surface area contributed by atoms with Crippen LogP contribution in [0.1, 0.15) is 54.4 Å². The number of fused-ring (bicyclic) bond motifs is 2. The number of hydrogen-bond acceptors (Lipinski definition) is 5. The summed E-state index contributed by atoms with van der Waals surface area (Å²) in [6.45, 7) is 4.43. The molecule has 2 fully saturated rings. The summed E-state index contributed by atoms with van der Waals surface area (Å²) in [7, 11) is 0. The first-order chi connectivity index (χ1) is 17.7. The number of carbonyl (C=O) groups is 1. The molecule has 2 aliphatic rings. The third kappa shape index (κ3) is 4.87. The number of nitrogens with zero attached hydrogens (tertiary/aromatic N) is 1. The number of carbonyl (C=O) groups excluding carboxylic acids is 1. The molecule has 0 unspecified atom stereocenters. The van der Waals surface area contributed by atoms with Gasteiger partial charge in [-0.1, -0.05) is 12.8 Å². The number of aliphatic hydroxyl groups is 1. The predicted octanol–water partition coefficient (Wildman–Crippen LogP) is 4.96. The van der Waals surface area contributed by atoms with Crippen molar-refractivity contribution in [2.75, 3.05) is 13.1 Å². The van der Waals surface area contributed by atoms with E-state index in [4.69, 9.17) is 9.15 Å². The van der Waals surface area contributed by atoms with Crippen LogP contribution in [0.3, 0.4) is 0 Å². The highest BCUT2D eigenvalue weighted by atomic mass is 19.1. The maximum absolute atomic E-state index is 14.0. The van der Waals surface area contributed by atoms with E-state index >= 15 is 0 Å². The zero-order valence-corrected chi connectivity index (χ0v) is 21.1. The van der Waals surface area contributed by atoms with Crippen molar-refractivity contribution in [2.24, 2.45) is 5.92 Å². The molecule has 0 radical (unpaired) electrons. The van der Waals surface area contributed by atoms with Gasteiger partial charge in [0.2, 0.25) is 5.91 Å². The quantitative estimate of drug-likeness (QED) is 0.490. The van der Waals surface area contributed by atoms with Crippen LogP contribution in [-0.4, -0.2) is 34.6 Å². The first-order valence-corrected chi connectivity index (χ1v) is 12.8. The highest BCUT2D eigenvalue weighted by molar-refractivity contribution is 5.87. The molecule has 196 valence electrons. The number of halogens is 2. The molecule has 2 heterocycles. The maximum Gasteiger partial charge on any atom is 0.340 e. The molecule has 2 atom stereocenters. The summed E-state index contributed by atoms with van der Waals surface area (Å²) in [4.78, 5) is 27.9. The van der Waals surface area contributed by atoms with Crippen LogP contribution >= 0.6 is 0 Å². The van der Waals surface area contributed by atoms with Crippen molar-refractivity contribution in [1.82, 2.24) is 4.90 Å². The van der Waals surface area contributed by atoms with Gasteiger partial charge in [0.25, 0.3) is 0 Å². The number of aryl methyl sites for hydroxylation is 2. The van der Waals surface area contributed by atoms with Crippen LogP contribution < -0.4 is 10.4 Å². The normalized spacial score (nSPS) is 21.6. The molecule has 8 heteroatoms. The summed E-state index contributed by atoms with van der Waals surface area (Å²) in [6.07, 6.45) is 4.29. The molecule has 1 saturated carbocycles. The van der Waals surface area contributed by atoms with Crippen molar-refractivity contribution >= 4 is 16.9 Å². The molecule has 1 N–H and O–H groups in total. The number of hydrogen-bond donors (Lipinski definition) is 1. The second-order valence-corrected chi connectivity index (χ2v) is 10.4. The van der Waals surface area contributed by atoms with Crippen molar-refractivity contribution in [3.05, 3.63) is 74.6 Å². The summed E-state index contributed by atoms with van der Waals surface area (Å²) in [6, 6.07) is 6.77. The molecule has 0 spiro atoms. The van der Waals surface area contributed by atoms with Gasteiger partial charge < -0.3 is 19.2 Å². The summed E-state index contributed by atoms with van der Waals surface area (Å²) >= 11 is 0. The molecule has 0 bridgehead atoms. The van der Waals surface area contributed by atoms with E-state index in [1.54, 1.807) is 30.9 Å². The molecular weight excluding hydrogens is 480 g/mol. The van der Waals surface area contributed by atoms with Gasteiger partial charge in [-0.2, -0.15) is 0 Å². The zero-order valence-electron chi connectivity index (χ0n) is 21.1. The molecular formula is C29H31F2NO5. The van der Waals surface area contributed by atoms with E-state index in [-0.39, 0.29) is 30.4 Å². The minimum Gasteiger partial charge on any atom is -0.488 e. The standard InChI is InChI=1S/C29H31F2NO5/c1-17-22-8-9-25(36-16-19-6-7-21(30)13-24(19)31)18(2)27(22)37-28(34)23(17)14-26(33)32-12-11-29(35)10-4-3-5-20(29)15-32/h6-9,13,20,35H,3-5,10-12,14-16H2,1-2H3/t20-,29-/m1/s1. The first-order valence-electron chi connectivity index (χ1n) is 12.8. The van der Waals surface area contributed by atoms with Crippen molar-refractivity contribution in [3.63, 3.8) is 0 Å². The van der Waals surface area contributed by atoms with Gasteiger partial charge in [-0.15, -0.1) is 0 Å². The van der Waals surface area contributed by atoms with Crippen molar-refractivity contribution in [3.8, 4) is 5.75 Å². The number of piperidine rings is 1. The minimum atomic E-state index is -0.697. The number of rotatable bonds is 5. The van der Waals surface area contributed by atoms with E-state index < -0.39 is 22.9 Å². The Bertz CT molecular complexity index is 1420. The third-order valence-electron chi connectivity index (χ3n) is 8.16. The predicted molar refractivity (Wildman–Crippen MR) is 134 cm³/mol. The van der Waals surface area contributed by atoms with Gasteiger partial charge in [0.05, 0.1) is 17.6 Å². The fourth-order valence-corrected chi connectivity index (χ4v) is 5.79. The Morgan fingerprint density at radius 3 is 2.76 bits per heavy atom. The largest absolute Gasteiger partial charge is 0.488 e. The maximum atomic E-state index is 14.0.